The first-order valence-corrected chi connectivity index (χ1v) is 9.21. The van der Waals surface area contributed by atoms with E-state index in [1.54, 1.807) is 0 Å². The molecule has 0 amide bonds. The predicted octanol–water partition coefficient (Wildman–Crippen LogP) is 2.61. The number of rotatable bonds is 6. The van der Waals surface area contributed by atoms with Crippen molar-refractivity contribution in [2.45, 2.75) is 32.5 Å². The quantitative estimate of drug-likeness (QED) is 0.715. The van der Waals surface area contributed by atoms with Crippen LogP contribution >= 0.6 is 0 Å². The summed E-state index contributed by atoms with van der Waals surface area (Å²) in [5.74, 6) is 0.386. The van der Waals surface area contributed by atoms with Crippen LogP contribution in [-0.2, 0) is 17.8 Å². The van der Waals surface area contributed by atoms with Gasteiger partial charge >= 0.3 is 0 Å². The number of nitrogens with one attached hydrogen (secondary N) is 2. The fraction of sp³-hybridized carbons (Fsp3) is 0.400. The topological polar surface area (TPSA) is 71.9 Å². The summed E-state index contributed by atoms with van der Waals surface area (Å²) < 4.78 is 7.96. The van der Waals surface area contributed by atoms with Crippen molar-refractivity contribution in [1.29, 1.82) is 0 Å². The fourth-order valence-corrected chi connectivity index (χ4v) is 3.73. The molecule has 26 heavy (non-hydrogen) atoms. The highest BCUT2D eigenvalue weighted by Crippen LogP contribution is 2.33. The Labute approximate surface area is 152 Å². The van der Waals surface area contributed by atoms with Crippen molar-refractivity contribution < 1.29 is 4.74 Å². The molecular weight excluding hydrogens is 328 g/mol. The van der Waals surface area contributed by atoms with Crippen molar-refractivity contribution in [3.05, 3.63) is 64.2 Å². The Kier molecular flexibility index (Phi) is 4.86. The summed E-state index contributed by atoms with van der Waals surface area (Å²) in [6, 6.07) is 11.9. The third kappa shape index (κ3) is 3.30. The van der Waals surface area contributed by atoms with Crippen molar-refractivity contribution in [1.82, 2.24) is 20.1 Å². The molecule has 0 radical (unpaired) electrons. The Hall–Kier alpha value is -2.44. The molecule has 2 atom stereocenters. The zero-order chi connectivity index (χ0) is 17.9. The number of para-hydroxylation sites is 1. The van der Waals surface area contributed by atoms with Crippen molar-refractivity contribution >= 4 is 10.9 Å². The number of benzene rings is 1. The zero-order valence-corrected chi connectivity index (χ0v) is 14.9. The van der Waals surface area contributed by atoms with Gasteiger partial charge in [0.05, 0.1) is 5.69 Å². The van der Waals surface area contributed by atoms with Crippen LogP contribution < -0.4 is 10.9 Å². The molecule has 6 heteroatoms. The van der Waals surface area contributed by atoms with E-state index in [4.69, 9.17) is 4.74 Å². The molecule has 1 aliphatic rings. The average molecular weight is 352 g/mol. The van der Waals surface area contributed by atoms with Gasteiger partial charge in [0, 0.05) is 49.4 Å². The van der Waals surface area contributed by atoms with Crippen LogP contribution in [0.25, 0.3) is 10.9 Å². The summed E-state index contributed by atoms with van der Waals surface area (Å²) >= 11 is 0. The molecule has 6 nitrogen and oxygen atoms in total. The van der Waals surface area contributed by atoms with E-state index in [9.17, 15) is 4.79 Å². The second-order valence-corrected chi connectivity index (χ2v) is 6.75. The lowest BCUT2D eigenvalue weighted by atomic mass is 9.98. The van der Waals surface area contributed by atoms with Gasteiger partial charge in [0.15, 0.2) is 0 Å². The SMILES string of the molecule is CCn1nccc1[C@@H]1OCC[C@H]1CNCc1cc2ccccc2[nH]c1=O. The number of hydrogen-bond donors (Lipinski definition) is 2. The van der Waals surface area contributed by atoms with Gasteiger partial charge in [-0.2, -0.15) is 5.10 Å². The van der Waals surface area contributed by atoms with Gasteiger partial charge in [-0.25, -0.2) is 0 Å². The molecule has 1 saturated heterocycles. The van der Waals surface area contributed by atoms with Crippen molar-refractivity contribution in [3.63, 3.8) is 0 Å². The Morgan fingerprint density at radius 1 is 1.35 bits per heavy atom. The maximum absolute atomic E-state index is 12.3. The second-order valence-electron chi connectivity index (χ2n) is 6.75. The number of pyridine rings is 1. The highest BCUT2D eigenvalue weighted by atomic mass is 16.5. The van der Waals surface area contributed by atoms with Gasteiger partial charge in [0.25, 0.3) is 5.56 Å². The van der Waals surface area contributed by atoms with Gasteiger partial charge in [-0.05, 0) is 36.9 Å². The summed E-state index contributed by atoms with van der Waals surface area (Å²) in [5.41, 5.74) is 2.75. The molecule has 0 bridgehead atoms. The van der Waals surface area contributed by atoms with Crippen LogP contribution in [0.15, 0.2) is 47.4 Å². The summed E-state index contributed by atoms with van der Waals surface area (Å²) in [5, 5.41) is 8.86. The molecule has 1 aromatic carbocycles. The minimum atomic E-state index is -0.0283. The third-order valence-electron chi connectivity index (χ3n) is 5.11. The maximum atomic E-state index is 12.3. The van der Waals surface area contributed by atoms with Crippen LogP contribution in [0, 0.1) is 5.92 Å². The number of aromatic amines is 1. The fourth-order valence-electron chi connectivity index (χ4n) is 3.73. The summed E-state index contributed by atoms with van der Waals surface area (Å²) in [6.07, 6.45) is 2.92. The molecule has 0 saturated carbocycles. The number of ether oxygens (including phenoxy) is 1. The number of hydrogen-bond acceptors (Lipinski definition) is 4. The molecule has 136 valence electrons. The van der Waals surface area contributed by atoms with Gasteiger partial charge in [-0.15, -0.1) is 0 Å². The molecule has 3 heterocycles. The normalized spacial score (nSPS) is 20.0. The third-order valence-corrected chi connectivity index (χ3v) is 5.11. The highest BCUT2D eigenvalue weighted by Gasteiger charge is 2.31. The van der Waals surface area contributed by atoms with Gasteiger partial charge in [-0.3, -0.25) is 9.48 Å². The second kappa shape index (κ2) is 7.43. The lowest BCUT2D eigenvalue weighted by molar-refractivity contribution is 0.0830. The Morgan fingerprint density at radius 3 is 3.12 bits per heavy atom. The van der Waals surface area contributed by atoms with E-state index >= 15 is 0 Å². The van der Waals surface area contributed by atoms with Crippen molar-refractivity contribution in [2.75, 3.05) is 13.2 Å². The molecule has 0 spiro atoms. The number of aryl methyl sites for hydroxylation is 1. The monoisotopic (exact) mass is 352 g/mol. The van der Waals surface area contributed by atoms with E-state index in [0.717, 1.165) is 48.3 Å². The molecule has 2 aromatic heterocycles. The Bertz CT molecular complexity index is 946. The Balaban J connectivity index is 1.43. The Morgan fingerprint density at radius 2 is 2.23 bits per heavy atom. The largest absolute Gasteiger partial charge is 0.372 e. The van der Waals surface area contributed by atoms with E-state index in [2.05, 4.69) is 22.3 Å². The van der Waals surface area contributed by atoms with E-state index in [1.807, 2.05) is 47.3 Å². The molecule has 3 aromatic rings. The first-order valence-electron chi connectivity index (χ1n) is 9.21. The standard InChI is InChI=1S/C20H24N4O2/c1-2-24-18(7-9-22-24)19-15(8-10-26-19)12-21-13-16-11-14-5-3-4-6-17(14)23-20(16)25/h3-7,9,11,15,19,21H,2,8,10,12-13H2,1H3,(H,23,25)/t15-,19+/m0/s1. The highest BCUT2D eigenvalue weighted by molar-refractivity contribution is 5.78. The molecule has 0 unspecified atom stereocenters. The summed E-state index contributed by atoms with van der Waals surface area (Å²) in [7, 11) is 0. The van der Waals surface area contributed by atoms with Crippen LogP contribution in [0.5, 0.6) is 0 Å². The summed E-state index contributed by atoms with van der Waals surface area (Å²) in [6.45, 7) is 5.06. The molecular formula is C20H24N4O2. The van der Waals surface area contributed by atoms with Gasteiger partial charge < -0.3 is 15.0 Å². The predicted molar refractivity (Wildman–Crippen MR) is 101 cm³/mol. The lowest BCUT2D eigenvalue weighted by Crippen LogP contribution is -2.28. The molecule has 4 rings (SSSR count). The van der Waals surface area contributed by atoms with Crippen LogP contribution in [0.3, 0.4) is 0 Å². The van der Waals surface area contributed by atoms with Crippen LogP contribution in [0.4, 0.5) is 0 Å². The molecule has 0 aliphatic carbocycles. The smallest absolute Gasteiger partial charge is 0.252 e. The number of H-pyrrole nitrogens is 1. The lowest BCUT2D eigenvalue weighted by Gasteiger charge is -2.20. The number of fused-ring (bicyclic) bond motifs is 1. The van der Waals surface area contributed by atoms with E-state index < -0.39 is 0 Å². The van der Waals surface area contributed by atoms with E-state index in [0.29, 0.717) is 12.5 Å². The first kappa shape index (κ1) is 17.0. The maximum Gasteiger partial charge on any atom is 0.252 e. The number of aromatic nitrogens is 3. The van der Waals surface area contributed by atoms with Crippen LogP contribution in [0.1, 0.15) is 30.7 Å². The minimum Gasteiger partial charge on any atom is -0.372 e. The van der Waals surface area contributed by atoms with Crippen LogP contribution in [0.2, 0.25) is 0 Å². The van der Waals surface area contributed by atoms with Gasteiger partial charge in [-0.1, -0.05) is 18.2 Å². The van der Waals surface area contributed by atoms with Gasteiger partial charge in [0.1, 0.15) is 6.10 Å². The zero-order valence-electron chi connectivity index (χ0n) is 14.9. The minimum absolute atomic E-state index is 0.0283. The van der Waals surface area contributed by atoms with Crippen molar-refractivity contribution in [3.8, 4) is 0 Å². The molecule has 2 N–H and O–H groups in total. The first-order chi connectivity index (χ1) is 12.8. The molecule has 1 fully saturated rings. The molecule has 1 aliphatic heterocycles. The van der Waals surface area contributed by atoms with Gasteiger partial charge in [0.2, 0.25) is 0 Å². The number of nitrogens with zero attached hydrogens (tertiary/aromatic N) is 2. The average Bonchev–Trinajstić information content (AvgIpc) is 3.30. The van der Waals surface area contributed by atoms with E-state index in [-0.39, 0.29) is 11.7 Å². The summed E-state index contributed by atoms with van der Waals surface area (Å²) in [4.78, 5) is 15.2. The van der Waals surface area contributed by atoms with E-state index in [1.165, 1.54) is 0 Å². The van der Waals surface area contributed by atoms with Crippen LogP contribution in [-0.4, -0.2) is 27.9 Å². The van der Waals surface area contributed by atoms with Crippen molar-refractivity contribution in [2.24, 2.45) is 5.92 Å².